The molecule has 2 aliphatic heterocycles. The number of carbonyl (C=O) groups excluding carboxylic acids is 1. The van der Waals surface area contributed by atoms with Gasteiger partial charge in [-0.1, -0.05) is 12.1 Å². The largest absolute Gasteiger partial charge is 0.493 e. The van der Waals surface area contributed by atoms with Crippen molar-refractivity contribution in [1.82, 2.24) is 9.88 Å². The molecule has 0 radical (unpaired) electrons. The highest BCUT2D eigenvalue weighted by Crippen LogP contribution is 2.39. The van der Waals surface area contributed by atoms with Crippen molar-refractivity contribution in [1.29, 1.82) is 0 Å². The number of thioether (sulfide) groups is 1. The summed E-state index contributed by atoms with van der Waals surface area (Å²) in [6, 6.07) is 9.86. The summed E-state index contributed by atoms with van der Waals surface area (Å²) < 4.78 is 90.3. The van der Waals surface area contributed by atoms with Crippen LogP contribution in [0.25, 0.3) is 6.08 Å². The number of rotatable bonds is 6. The highest BCUT2D eigenvalue weighted by atomic mass is 32.2. The maximum Gasteiger partial charge on any atom is 0.416 e. The zero-order valence-corrected chi connectivity index (χ0v) is 23.4. The molecular formula is C29H24F6N4O3S. The van der Waals surface area contributed by atoms with Gasteiger partial charge in [0.25, 0.3) is 5.91 Å². The molecule has 0 spiro atoms. The smallest absolute Gasteiger partial charge is 0.416 e. The van der Waals surface area contributed by atoms with Crippen LogP contribution in [0.5, 0.6) is 11.5 Å². The number of ether oxygens (including phenoxy) is 2. The zero-order chi connectivity index (χ0) is 30.8. The summed E-state index contributed by atoms with van der Waals surface area (Å²) in [5, 5.41) is 0.606. The van der Waals surface area contributed by atoms with Gasteiger partial charge in [0.15, 0.2) is 16.7 Å². The number of benzene rings is 2. The molecule has 3 aromatic rings. The number of nitrogens with zero attached hydrogens (tertiary/aromatic N) is 4. The number of methoxy groups -OCH3 is 1. The Labute approximate surface area is 246 Å². The number of hydrogen-bond acceptors (Lipinski definition) is 7. The molecule has 1 fully saturated rings. The Kier molecular flexibility index (Phi) is 8.58. The van der Waals surface area contributed by atoms with E-state index in [1.165, 1.54) is 24.9 Å². The van der Waals surface area contributed by atoms with E-state index in [2.05, 4.69) is 19.8 Å². The van der Waals surface area contributed by atoms with Crippen LogP contribution in [0, 0.1) is 0 Å². The summed E-state index contributed by atoms with van der Waals surface area (Å²) in [6.45, 7) is 2.23. The van der Waals surface area contributed by atoms with E-state index in [-0.39, 0.29) is 17.6 Å². The molecule has 0 N–H and O–H groups in total. The molecule has 0 saturated carbocycles. The van der Waals surface area contributed by atoms with Crippen LogP contribution in [-0.4, -0.2) is 54.2 Å². The maximum absolute atomic E-state index is 13.5. The summed E-state index contributed by atoms with van der Waals surface area (Å²) in [5.41, 5.74) is -1.67. The van der Waals surface area contributed by atoms with Gasteiger partial charge in [-0.25, -0.2) is 0 Å². The van der Waals surface area contributed by atoms with Crippen molar-refractivity contribution in [2.75, 3.05) is 38.2 Å². The van der Waals surface area contributed by atoms with Crippen molar-refractivity contribution in [3.8, 4) is 11.5 Å². The first-order valence-electron chi connectivity index (χ1n) is 12.9. The monoisotopic (exact) mass is 622 g/mol. The SMILES string of the molecule is COc1cc(/C=C2/SC(N3CCN(c4ccncc4)CC3)=NC2=O)ccc1OCc1ccc(C(F)(F)F)cc1C(F)(F)F. The molecule has 0 aliphatic carbocycles. The van der Waals surface area contributed by atoms with Crippen molar-refractivity contribution < 1.29 is 40.6 Å². The van der Waals surface area contributed by atoms with Crippen molar-refractivity contribution in [2.24, 2.45) is 4.99 Å². The lowest BCUT2D eigenvalue weighted by molar-refractivity contribution is -0.143. The van der Waals surface area contributed by atoms with Gasteiger partial charge in [-0.2, -0.15) is 31.3 Å². The predicted octanol–water partition coefficient (Wildman–Crippen LogP) is 6.50. The molecular weight excluding hydrogens is 598 g/mol. The van der Waals surface area contributed by atoms with E-state index in [0.29, 0.717) is 34.8 Å². The number of aliphatic imine (C=N–C) groups is 1. The highest BCUT2D eigenvalue weighted by Gasteiger charge is 2.38. The molecule has 2 aliphatic rings. The molecule has 1 aromatic heterocycles. The summed E-state index contributed by atoms with van der Waals surface area (Å²) in [6.07, 6.45) is -4.83. The van der Waals surface area contributed by atoms with Gasteiger partial charge >= 0.3 is 12.4 Å². The number of anilines is 1. The third-order valence-electron chi connectivity index (χ3n) is 6.80. The first kappa shape index (κ1) is 30.3. The van der Waals surface area contributed by atoms with Gasteiger partial charge in [0.1, 0.15) is 6.61 Å². The van der Waals surface area contributed by atoms with Crippen LogP contribution >= 0.6 is 11.8 Å². The quantitative estimate of drug-likeness (QED) is 0.230. The number of alkyl halides is 6. The number of aromatic nitrogens is 1. The number of amides is 1. The second-order valence-corrected chi connectivity index (χ2v) is 10.6. The second-order valence-electron chi connectivity index (χ2n) is 9.56. The fraction of sp³-hybridized carbons (Fsp3) is 0.276. The average Bonchev–Trinajstić information content (AvgIpc) is 3.35. The molecule has 0 bridgehead atoms. The molecule has 0 unspecified atom stereocenters. The van der Waals surface area contributed by atoms with E-state index >= 15 is 0 Å². The van der Waals surface area contributed by atoms with E-state index < -0.39 is 41.6 Å². The van der Waals surface area contributed by atoms with Crippen LogP contribution in [0.1, 0.15) is 22.3 Å². The van der Waals surface area contributed by atoms with Crippen LogP contribution in [0.3, 0.4) is 0 Å². The fourth-order valence-electron chi connectivity index (χ4n) is 4.59. The van der Waals surface area contributed by atoms with Gasteiger partial charge in [-0.3, -0.25) is 9.78 Å². The van der Waals surface area contributed by atoms with Gasteiger partial charge in [-0.15, -0.1) is 0 Å². The number of halogens is 6. The molecule has 43 heavy (non-hydrogen) atoms. The summed E-state index contributed by atoms with van der Waals surface area (Å²) in [5.74, 6) is -0.149. The molecule has 1 amide bonds. The normalized spacial score (nSPS) is 17.0. The zero-order valence-electron chi connectivity index (χ0n) is 22.6. The Morgan fingerprint density at radius 3 is 2.23 bits per heavy atom. The molecule has 1 saturated heterocycles. The predicted molar refractivity (Wildman–Crippen MR) is 150 cm³/mol. The summed E-state index contributed by atoms with van der Waals surface area (Å²) in [7, 11) is 1.33. The Morgan fingerprint density at radius 2 is 1.58 bits per heavy atom. The van der Waals surface area contributed by atoms with Crippen molar-refractivity contribution >= 4 is 34.6 Å². The lowest BCUT2D eigenvalue weighted by atomic mass is 10.0. The fourth-order valence-corrected chi connectivity index (χ4v) is 5.55. The minimum Gasteiger partial charge on any atom is -0.493 e. The van der Waals surface area contributed by atoms with E-state index in [9.17, 15) is 31.1 Å². The summed E-state index contributed by atoms with van der Waals surface area (Å²) >= 11 is 1.25. The Bertz CT molecular complexity index is 1550. The standard InChI is InChI=1S/C29H24F6N4O3S/c1-41-24-14-18(2-5-23(24)42-17-19-3-4-20(28(30,31)32)16-22(19)29(33,34)35)15-25-26(40)37-27(43-25)39-12-10-38(11-13-39)21-6-8-36-9-7-21/h2-9,14-16H,10-13,17H2,1H3/b25-15+. The van der Waals surface area contributed by atoms with Gasteiger partial charge in [-0.05, 0) is 59.8 Å². The van der Waals surface area contributed by atoms with E-state index in [4.69, 9.17) is 9.47 Å². The Balaban J connectivity index is 1.25. The van der Waals surface area contributed by atoms with Gasteiger partial charge < -0.3 is 19.3 Å². The van der Waals surface area contributed by atoms with Crippen LogP contribution in [0.2, 0.25) is 0 Å². The Morgan fingerprint density at radius 1 is 0.884 bits per heavy atom. The number of piperazine rings is 1. The molecule has 7 nitrogen and oxygen atoms in total. The van der Waals surface area contributed by atoms with E-state index in [0.717, 1.165) is 24.8 Å². The molecule has 14 heteroatoms. The van der Waals surface area contributed by atoms with Crippen LogP contribution in [0.4, 0.5) is 32.0 Å². The van der Waals surface area contributed by atoms with Crippen molar-refractivity contribution in [2.45, 2.75) is 19.0 Å². The molecule has 0 atom stereocenters. The molecule has 3 heterocycles. The lowest BCUT2D eigenvalue weighted by Crippen LogP contribution is -2.47. The minimum atomic E-state index is -5.01. The van der Waals surface area contributed by atoms with E-state index in [1.54, 1.807) is 30.6 Å². The van der Waals surface area contributed by atoms with Gasteiger partial charge in [0.05, 0.1) is 23.1 Å². The number of hydrogen-bond donors (Lipinski definition) is 0. The number of amidine groups is 1. The average molecular weight is 623 g/mol. The van der Waals surface area contributed by atoms with Crippen LogP contribution < -0.4 is 14.4 Å². The van der Waals surface area contributed by atoms with Gasteiger partial charge in [0, 0.05) is 49.8 Å². The second kappa shape index (κ2) is 12.2. The Hall–Kier alpha value is -4.20. The topological polar surface area (TPSA) is 67.3 Å². The van der Waals surface area contributed by atoms with Crippen LogP contribution in [0.15, 0.2) is 70.8 Å². The molecule has 2 aromatic carbocycles. The number of pyridine rings is 1. The first-order valence-corrected chi connectivity index (χ1v) is 13.7. The maximum atomic E-state index is 13.5. The van der Waals surface area contributed by atoms with Gasteiger partial charge in [0.2, 0.25) is 0 Å². The summed E-state index contributed by atoms with van der Waals surface area (Å²) in [4.78, 5) is 25.6. The van der Waals surface area contributed by atoms with E-state index in [1.807, 2.05) is 12.1 Å². The highest BCUT2D eigenvalue weighted by molar-refractivity contribution is 8.18. The number of carbonyl (C=O) groups is 1. The third-order valence-corrected chi connectivity index (χ3v) is 7.84. The van der Waals surface area contributed by atoms with Crippen molar-refractivity contribution in [3.63, 3.8) is 0 Å². The van der Waals surface area contributed by atoms with Crippen LogP contribution in [-0.2, 0) is 23.8 Å². The lowest BCUT2D eigenvalue weighted by Gasteiger charge is -2.36. The molecule has 226 valence electrons. The third kappa shape index (κ3) is 7.07. The van der Waals surface area contributed by atoms with Crippen molar-refractivity contribution in [3.05, 3.63) is 88.1 Å². The molecule has 5 rings (SSSR count). The first-order chi connectivity index (χ1) is 20.4. The minimum absolute atomic E-state index is 0.0682.